The highest BCUT2D eigenvalue weighted by Crippen LogP contribution is 2.24. The Bertz CT molecular complexity index is 1220. The van der Waals surface area contributed by atoms with Crippen LogP contribution in [0.2, 0.25) is 0 Å². The molecule has 10 heteroatoms. The Labute approximate surface area is 163 Å². The van der Waals surface area contributed by atoms with Crippen LogP contribution in [0.25, 0.3) is 16.6 Å². The predicted octanol–water partition coefficient (Wildman–Crippen LogP) is 2.27. The average Bonchev–Trinajstić information content (AvgIpc) is 3.13. The Hall–Kier alpha value is -3.53. The van der Waals surface area contributed by atoms with Gasteiger partial charge in [-0.2, -0.15) is 9.61 Å². The van der Waals surface area contributed by atoms with Crippen molar-refractivity contribution in [1.29, 1.82) is 0 Å². The minimum Gasteiger partial charge on any atom is -0.393 e. The maximum Gasteiger partial charge on any atom is 0.177 e. The zero-order valence-corrected chi connectivity index (χ0v) is 15.4. The summed E-state index contributed by atoms with van der Waals surface area (Å²) in [6.07, 6.45) is 1.34. The van der Waals surface area contributed by atoms with Crippen molar-refractivity contribution in [2.45, 2.75) is 13.3 Å². The average molecular weight is 398 g/mol. The number of oxime groups is 1. The van der Waals surface area contributed by atoms with Gasteiger partial charge in [-0.1, -0.05) is 5.16 Å². The first-order valence-corrected chi connectivity index (χ1v) is 8.79. The van der Waals surface area contributed by atoms with Crippen LogP contribution in [0.5, 0.6) is 0 Å². The molecule has 0 spiro atoms. The van der Waals surface area contributed by atoms with Gasteiger partial charge in [0.05, 0.1) is 12.1 Å². The van der Waals surface area contributed by atoms with E-state index in [9.17, 15) is 8.78 Å². The summed E-state index contributed by atoms with van der Waals surface area (Å²) in [5, 5.41) is 25.3. The lowest BCUT2D eigenvalue weighted by Gasteiger charge is -2.07. The number of rotatable bonds is 6. The fourth-order valence-corrected chi connectivity index (χ4v) is 2.88. The molecule has 4 aromatic rings. The number of aliphatic hydroxyl groups is 1. The van der Waals surface area contributed by atoms with Crippen LogP contribution in [0.15, 0.2) is 41.7 Å². The molecule has 0 bridgehead atoms. The number of aliphatic hydroxyl groups excluding tert-OH is 1. The second-order valence-electron chi connectivity index (χ2n) is 6.24. The number of pyridine rings is 1. The van der Waals surface area contributed by atoms with E-state index in [1.54, 1.807) is 31.2 Å². The van der Waals surface area contributed by atoms with Crippen molar-refractivity contribution in [3.05, 3.63) is 65.2 Å². The van der Waals surface area contributed by atoms with Crippen molar-refractivity contribution >= 4 is 22.3 Å². The maximum absolute atomic E-state index is 14.9. The molecule has 0 radical (unpaired) electrons. The van der Waals surface area contributed by atoms with Crippen molar-refractivity contribution in [1.82, 2.24) is 24.8 Å². The molecule has 0 atom stereocenters. The quantitative estimate of drug-likeness (QED) is 0.304. The van der Waals surface area contributed by atoms with Crippen LogP contribution in [-0.2, 0) is 11.3 Å². The lowest BCUT2D eigenvalue weighted by Crippen LogP contribution is -2.09. The third kappa shape index (κ3) is 3.61. The lowest BCUT2D eigenvalue weighted by atomic mass is 10.1. The third-order valence-corrected chi connectivity index (χ3v) is 4.31. The summed E-state index contributed by atoms with van der Waals surface area (Å²) in [5.74, 6) is -1.13. The van der Waals surface area contributed by atoms with Crippen LogP contribution in [0.3, 0.4) is 0 Å². The smallest absolute Gasteiger partial charge is 0.177 e. The standard InChI is InChI=1S/C19H16F2N6O2/c1-11(26-29-8-7-28)15-4-5-17-23-24-18(27(17)25-15)9-13-14(20)10-16-12(19(13)21)3-2-6-22-16/h2-6,10,28H,7-9H2,1H3. The first kappa shape index (κ1) is 18.8. The van der Waals surface area contributed by atoms with Crippen molar-refractivity contribution in [3.63, 3.8) is 0 Å². The molecule has 0 saturated carbocycles. The third-order valence-electron chi connectivity index (χ3n) is 4.31. The van der Waals surface area contributed by atoms with Crippen molar-refractivity contribution in [2.24, 2.45) is 5.16 Å². The largest absolute Gasteiger partial charge is 0.393 e. The number of hydrogen-bond donors (Lipinski definition) is 1. The van der Waals surface area contributed by atoms with Gasteiger partial charge in [0.2, 0.25) is 0 Å². The number of nitrogens with zero attached hydrogens (tertiary/aromatic N) is 6. The molecule has 4 rings (SSSR count). The molecule has 0 aliphatic carbocycles. The highest BCUT2D eigenvalue weighted by Gasteiger charge is 2.18. The van der Waals surface area contributed by atoms with Gasteiger partial charge in [-0.15, -0.1) is 10.2 Å². The first-order valence-electron chi connectivity index (χ1n) is 8.79. The molecule has 1 aromatic carbocycles. The van der Waals surface area contributed by atoms with Crippen LogP contribution in [-0.4, -0.2) is 48.8 Å². The Morgan fingerprint density at radius 1 is 1.24 bits per heavy atom. The van der Waals surface area contributed by atoms with Crippen molar-refractivity contribution < 1.29 is 18.7 Å². The molecule has 8 nitrogen and oxygen atoms in total. The van der Waals surface area contributed by atoms with Crippen LogP contribution < -0.4 is 0 Å². The van der Waals surface area contributed by atoms with Crippen molar-refractivity contribution in [2.75, 3.05) is 13.2 Å². The summed E-state index contributed by atoms with van der Waals surface area (Å²) in [7, 11) is 0. The minimum atomic E-state index is -0.711. The van der Waals surface area contributed by atoms with E-state index in [1.165, 1.54) is 16.8 Å². The van der Waals surface area contributed by atoms with E-state index in [2.05, 4.69) is 25.4 Å². The number of halogens is 2. The van der Waals surface area contributed by atoms with E-state index in [0.29, 0.717) is 17.1 Å². The first-order chi connectivity index (χ1) is 14.1. The van der Waals surface area contributed by atoms with Gasteiger partial charge < -0.3 is 9.94 Å². The molecule has 3 heterocycles. The number of aromatic nitrogens is 5. The fourth-order valence-electron chi connectivity index (χ4n) is 2.88. The van der Waals surface area contributed by atoms with E-state index in [0.717, 1.165) is 0 Å². The Morgan fingerprint density at radius 2 is 2.10 bits per heavy atom. The van der Waals surface area contributed by atoms with Gasteiger partial charge in [0.25, 0.3) is 0 Å². The van der Waals surface area contributed by atoms with E-state index in [4.69, 9.17) is 9.94 Å². The van der Waals surface area contributed by atoms with Gasteiger partial charge in [0.15, 0.2) is 11.5 Å². The summed E-state index contributed by atoms with van der Waals surface area (Å²) in [6, 6.07) is 7.68. The van der Waals surface area contributed by atoms with Crippen molar-refractivity contribution in [3.8, 4) is 0 Å². The summed E-state index contributed by atoms with van der Waals surface area (Å²) in [4.78, 5) is 8.93. The van der Waals surface area contributed by atoms with E-state index >= 15 is 0 Å². The molecule has 0 amide bonds. The number of benzene rings is 1. The molecule has 29 heavy (non-hydrogen) atoms. The fraction of sp³-hybridized carbons (Fsp3) is 0.211. The lowest BCUT2D eigenvalue weighted by molar-refractivity contribution is 0.0986. The van der Waals surface area contributed by atoms with Crippen LogP contribution >= 0.6 is 0 Å². The Balaban J connectivity index is 1.73. The van der Waals surface area contributed by atoms with Gasteiger partial charge in [0.1, 0.15) is 29.6 Å². The topological polar surface area (TPSA) is 97.8 Å². The van der Waals surface area contributed by atoms with Gasteiger partial charge in [-0.05, 0) is 31.2 Å². The number of hydrogen-bond acceptors (Lipinski definition) is 7. The Kier molecular flexibility index (Phi) is 5.09. The molecule has 0 fully saturated rings. The second kappa shape index (κ2) is 7.84. The van der Waals surface area contributed by atoms with E-state index in [-0.39, 0.29) is 41.9 Å². The van der Waals surface area contributed by atoms with Crippen LogP contribution in [0, 0.1) is 11.6 Å². The summed E-state index contributed by atoms with van der Waals surface area (Å²) >= 11 is 0. The molecule has 0 aliphatic heterocycles. The van der Waals surface area contributed by atoms with Crippen LogP contribution in [0.4, 0.5) is 8.78 Å². The van der Waals surface area contributed by atoms with Crippen LogP contribution in [0.1, 0.15) is 24.0 Å². The monoisotopic (exact) mass is 398 g/mol. The normalized spacial score (nSPS) is 12.1. The molecule has 0 unspecified atom stereocenters. The maximum atomic E-state index is 14.9. The Morgan fingerprint density at radius 3 is 2.93 bits per heavy atom. The van der Waals surface area contributed by atoms with E-state index < -0.39 is 11.6 Å². The molecule has 3 aromatic heterocycles. The summed E-state index contributed by atoms with van der Waals surface area (Å²) < 4.78 is 30.8. The van der Waals surface area contributed by atoms with Gasteiger partial charge in [-0.3, -0.25) is 4.98 Å². The second-order valence-corrected chi connectivity index (χ2v) is 6.24. The van der Waals surface area contributed by atoms with Gasteiger partial charge in [0, 0.05) is 29.6 Å². The molecular formula is C19H16F2N6O2. The van der Waals surface area contributed by atoms with E-state index in [1.807, 2.05) is 0 Å². The van der Waals surface area contributed by atoms with Gasteiger partial charge in [-0.25, -0.2) is 8.78 Å². The highest BCUT2D eigenvalue weighted by molar-refractivity contribution is 5.96. The predicted molar refractivity (Wildman–Crippen MR) is 100 cm³/mol. The summed E-state index contributed by atoms with van der Waals surface area (Å²) in [6.45, 7) is 1.59. The molecule has 0 saturated heterocycles. The zero-order chi connectivity index (χ0) is 20.4. The number of fused-ring (bicyclic) bond motifs is 2. The SMILES string of the molecule is CC(=NOCCO)c1ccc2nnc(Cc3c(F)cc4ncccc4c3F)n2n1. The zero-order valence-electron chi connectivity index (χ0n) is 15.4. The summed E-state index contributed by atoms with van der Waals surface area (Å²) in [5.41, 5.74) is 1.47. The highest BCUT2D eigenvalue weighted by atomic mass is 19.1. The molecule has 1 N–H and O–H groups in total. The minimum absolute atomic E-state index is 0.0623. The van der Waals surface area contributed by atoms with Gasteiger partial charge >= 0.3 is 0 Å². The molecule has 148 valence electrons. The molecular weight excluding hydrogens is 382 g/mol. The molecule has 0 aliphatic rings.